The van der Waals surface area contributed by atoms with Crippen LogP contribution < -0.4 is 5.73 Å². The fraction of sp³-hybridized carbons (Fsp3) is 0.571. The number of nitrogens with zero attached hydrogens (tertiary/aromatic N) is 1. The Kier molecular flexibility index (Phi) is 4.46. The van der Waals surface area contributed by atoms with Crippen molar-refractivity contribution in [3.63, 3.8) is 0 Å². The van der Waals surface area contributed by atoms with Crippen LogP contribution in [-0.2, 0) is 16.6 Å². The Balaban J connectivity index is 2.44. The van der Waals surface area contributed by atoms with E-state index in [9.17, 15) is 12.8 Å². The average Bonchev–Trinajstić information content (AvgIpc) is 2.80. The maximum Gasteiger partial charge on any atom is 0.246 e. The summed E-state index contributed by atoms with van der Waals surface area (Å²) < 4.78 is 40.9. The second-order valence-corrected chi connectivity index (χ2v) is 7.10. The lowest BCUT2D eigenvalue weighted by atomic mass is 10.2. The quantitative estimate of drug-likeness (QED) is 0.927. The van der Waals surface area contributed by atoms with Crippen LogP contribution in [0.2, 0.25) is 0 Å². The van der Waals surface area contributed by atoms with Gasteiger partial charge in [0.1, 0.15) is 10.7 Å². The van der Waals surface area contributed by atoms with Crippen molar-refractivity contribution in [2.75, 3.05) is 0 Å². The van der Waals surface area contributed by atoms with Crippen LogP contribution in [0.5, 0.6) is 0 Å². The molecule has 1 saturated heterocycles. The van der Waals surface area contributed by atoms with Crippen molar-refractivity contribution < 1.29 is 12.8 Å². The molecule has 112 valence electrons. The molecule has 2 atom stereocenters. The molecule has 0 amide bonds. The minimum Gasteiger partial charge on any atom is -0.326 e. The van der Waals surface area contributed by atoms with Crippen LogP contribution in [0.3, 0.4) is 0 Å². The molecule has 1 aromatic rings. The summed E-state index contributed by atoms with van der Waals surface area (Å²) in [4.78, 5) is -0.248. The lowest BCUT2D eigenvalue weighted by Crippen LogP contribution is -2.40. The number of benzene rings is 1. The van der Waals surface area contributed by atoms with Crippen molar-refractivity contribution in [1.29, 1.82) is 0 Å². The summed E-state index contributed by atoms with van der Waals surface area (Å²) in [7, 11) is -3.79. The van der Waals surface area contributed by atoms with Crippen LogP contribution in [0.1, 0.15) is 38.7 Å². The van der Waals surface area contributed by atoms with Crippen molar-refractivity contribution in [2.24, 2.45) is 5.73 Å². The van der Waals surface area contributed by atoms with Gasteiger partial charge in [-0.25, -0.2) is 12.8 Å². The van der Waals surface area contributed by atoms with E-state index in [4.69, 9.17) is 5.73 Å². The third-order valence-corrected chi connectivity index (χ3v) is 6.07. The molecule has 1 heterocycles. The molecule has 20 heavy (non-hydrogen) atoms. The first kappa shape index (κ1) is 15.4. The fourth-order valence-corrected chi connectivity index (χ4v) is 4.86. The summed E-state index contributed by atoms with van der Waals surface area (Å²) in [6.45, 7) is 4.02. The normalized spacial score (nSPS) is 24.2. The van der Waals surface area contributed by atoms with Gasteiger partial charge < -0.3 is 5.73 Å². The summed E-state index contributed by atoms with van der Waals surface area (Å²) in [6.07, 6.45) is 2.39. The zero-order valence-corrected chi connectivity index (χ0v) is 12.7. The van der Waals surface area contributed by atoms with Crippen LogP contribution in [0.15, 0.2) is 23.1 Å². The zero-order chi connectivity index (χ0) is 14.9. The highest BCUT2D eigenvalue weighted by atomic mass is 32.2. The number of halogens is 1. The molecule has 0 aliphatic carbocycles. The van der Waals surface area contributed by atoms with Gasteiger partial charge in [-0.3, -0.25) is 0 Å². The Morgan fingerprint density at radius 1 is 1.40 bits per heavy atom. The largest absolute Gasteiger partial charge is 0.326 e. The van der Waals surface area contributed by atoms with Gasteiger partial charge in [-0.2, -0.15) is 4.31 Å². The van der Waals surface area contributed by atoms with E-state index < -0.39 is 15.8 Å². The highest BCUT2D eigenvalue weighted by Gasteiger charge is 2.40. The van der Waals surface area contributed by atoms with Gasteiger partial charge in [-0.1, -0.05) is 13.0 Å². The van der Waals surface area contributed by atoms with E-state index in [0.717, 1.165) is 19.3 Å². The summed E-state index contributed by atoms with van der Waals surface area (Å²) >= 11 is 0. The highest BCUT2D eigenvalue weighted by molar-refractivity contribution is 7.89. The molecular formula is C14H21FN2O2S. The molecule has 2 unspecified atom stereocenters. The van der Waals surface area contributed by atoms with Crippen molar-refractivity contribution in [3.05, 3.63) is 29.6 Å². The van der Waals surface area contributed by atoms with Crippen molar-refractivity contribution in [1.82, 2.24) is 4.31 Å². The number of sulfonamides is 1. The maximum absolute atomic E-state index is 14.1. The summed E-state index contributed by atoms with van der Waals surface area (Å²) in [6, 6.07) is 3.97. The molecule has 1 aliphatic heterocycles. The highest BCUT2D eigenvalue weighted by Crippen LogP contribution is 2.33. The van der Waals surface area contributed by atoms with Crippen LogP contribution in [-0.4, -0.2) is 24.8 Å². The number of nitrogens with two attached hydrogens (primary N) is 1. The van der Waals surface area contributed by atoms with E-state index in [1.807, 2.05) is 13.8 Å². The molecule has 1 fully saturated rings. The molecule has 4 nitrogen and oxygen atoms in total. The third kappa shape index (κ3) is 2.60. The molecule has 0 radical (unpaired) electrons. The van der Waals surface area contributed by atoms with E-state index >= 15 is 0 Å². The molecule has 2 N–H and O–H groups in total. The Morgan fingerprint density at radius 2 is 2.10 bits per heavy atom. The summed E-state index contributed by atoms with van der Waals surface area (Å²) in [5.41, 5.74) is 6.03. The van der Waals surface area contributed by atoms with E-state index in [-0.39, 0.29) is 23.5 Å². The second kappa shape index (κ2) is 5.79. The van der Waals surface area contributed by atoms with Crippen molar-refractivity contribution in [3.8, 4) is 0 Å². The van der Waals surface area contributed by atoms with Gasteiger partial charge in [0.05, 0.1) is 0 Å². The van der Waals surface area contributed by atoms with Gasteiger partial charge in [-0.05, 0) is 43.9 Å². The Hall–Kier alpha value is -0.980. The molecule has 0 bridgehead atoms. The molecule has 1 aromatic carbocycles. The Labute approximate surface area is 119 Å². The van der Waals surface area contributed by atoms with Crippen LogP contribution in [0.4, 0.5) is 4.39 Å². The Bertz CT molecular complexity index is 589. The van der Waals surface area contributed by atoms with Gasteiger partial charge in [-0.15, -0.1) is 0 Å². The number of hydrogen-bond acceptors (Lipinski definition) is 3. The molecule has 6 heteroatoms. The van der Waals surface area contributed by atoms with Crippen molar-refractivity contribution >= 4 is 10.0 Å². The van der Waals surface area contributed by atoms with Crippen LogP contribution in [0.25, 0.3) is 0 Å². The minimum absolute atomic E-state index is 0.0383. The first-order chi connectivity index (χ1) is 9.41. The van der Waals surface area contributed by atoms with E-state index in [1.54, 1.807) is 6.07 Å². The number of hydrogen-bond donors (Lipinski definition) is 1. The van der Waals surface area contributed by atoms with Gasteiger partial charge in [0, 0.05) is 18.6 Å². The molecular weight excluding hydrogens is 279 g/mol. The molecule has 0 spiro atoms. The SMILES string of the molecule is CCC1CCC(C)N1S(=O)(=O)c1ccc(CN)cc1F. The van der Waals surface area contributed by atoms with E-state index in [1.165, 1.54) is 16.4 Å². The topological polar surface area (TPSA) is 63.4 Å². The smallest absolute Gasteiger partial charge is 0.246 e. The zero-order valence-electron chi connectivity index (χ0n) is 11.8. The van der Waals surface area contributed by atoms with Gasteiger partial charge in [0.25, 0.3) is 0 Å². The first-order valence-electron chi connectivity index (χ1n) is 6.93. The van der Waals surface area contributed by atoms with Crippen LogP contribution >= 0.6 is 0 Å². The molecule has 0 saturated carbocycles. The monoisotopic (exact) mass is 300 g/mol. The lowest BCUT2D eigenvalue weighted by molar-refractivity contribution is 0.327. The molecule has 2 rings (SSSR count). The molecule has 1 aliphatic rings. The van der Waals surface area contributed by atoms with E-state index in [0.29, 0.717) is 5.56 Å². The molecule has 0 aromatic heterocycles. The predicted octanol–water partition coefficient (Wildman–Crippen LogP) is 2.24. The fourth-order valence-electron chi connectivity index (χ4n) is 2.86. The predicted molar refractivity (Wildman–Crippen MR) is 76.1 cm³/mol. The first-order valence-corrected chi connectivity index (χ1v) is 8.37. The summed E-state index contributed by atoms with van der Waals surface area (Å²) in [5.74, 6) is -0.720. The minimum atomic E-state index is -3.79. The second-order valence-electron chi connectivity index (χ2n) is 5.29. The third-order valence-electron chi connectivity index (χ3n) is 3.97. The van der Waals surface area contributed by atoms with Gasteiger partial charge >= 0.3 is 0 Å². The number of rotatable bonds is 4. The standard InChI is InChI=1S/C14H21FN2O2S/c1-3-12-6-4-10(2)17(12)20(18,19)14-7-5-11(9-16)8-13(14)15/h5,7-8,10,12H,3-4,6,9,16H2,1-2H3. The maximum atomic E-state index is 14.1. The van der Waals surface area contributed by atoms with Crippen molar-refractivity contribution in [2.45, 2.75) is 56.6 Å². The average molecular weight is 300 g/mol. The summed E-state index contributed by atoms with van der Waals surface area (Å²) in [5, 5.41) is 0. The lowest BCUT2D eigenvalue weighted by Gasteiger charge is -2.27. The van der Waals surface area contributed by atoms with E-state index in [2.05, 4.69) is 0 Å². The van der Waals surface area contributed by atoms with Gasteiger partial charge in [0.15, 0.2) is 0 Å². The van der Waals surface area contributed by atoms with Crippen LogP contribution in [0, 0.1) is 5.82 Å². The Morgan fingerprint density at radius 3 is 2.65 bits per heavy atom. The van der Waals surface area contributed by atoms with Gasteiger partial charge in [0.2, 0.25) is 10.0 Å².